The molecule has 0 atom stereocenters. The predicted molar refractivity (Wildman–Crippen MR) is 58.7 cm³/mol. The SMILES string of the molecule is C=CC(=C)NC(=O)C1CCCCCC1. The Morgan fingerprint density at radius 2 is 1.79 bits per heavy atom. The number of hydrogen-bond acceptors (Lipinski definition) is 1. The lowest BCUT2D eigenvalue weighted by Crippen LogP contribution is -2.28. The molecule has 1 aliphatic carbocycles. The highest BCUT2D eigenvalue weighted by Crippen LogP contribution is 2.22. The van der Waals surface area contributed by atoms with E-state index >= 15 is 0 Å². The minimum absolute atomic E-state index is 0.122. The molecule has 0 spiro atoms. The van der Waals surface area contributed by atoms with Crippen molar-refractivity contribution >= 4 is 5.91 Å². The zero-order valence-corrected chi connectivity index (χ0v) is 8.72. The summed E-state index contributed by atoms with van der Waals surface area (Å²) in [5, 5.41) is 2.78. The fourth-order valence-electron chi connectivity index (χ4n) is 1.85. The number of rotatable bonds is 3. The quantitative estimate of drug-likeness (QED) is 0.542. The van der Waals surface area contributed by atoms with Crippen LogP contribution in [0.1, 0.15) is 38.5 Å². The molecule has 0 radical (unpaired) electrons. The minimum atomic E-state index is 0.122. The van der Waals surface area contributed by atoms with Crippen LogP contribution in [0.2, 0.25) is 0 Å². The molecule has 78 valence electrons. The van der Waals surface area contributed by atoms with Gasteiger partial charge in [-0.05, 0) is 18.9 Å². The highest BCUT2D eigenvalue weighted by molar-refractivity contribution is 5.80. The van der Waals surface area contributed by atoms with E-state index in [1.807, 2.05) is 0 Å². The van der Waals surface area contributed by atoms with Crippen LogP contribution in [-0.4, -0.2) is 5.91 Å². The Balaban J connectivity index is 2.41. The summed E-state index contributed by atoms with van der Waals surface area (Å²) >= 11 is 0. The van der Waals surface area contributed by atoms with E-state index in [1.165, 1.54) is 25.7 Å². The van der Waals surface area contributed by atoms with Gasteiger partial charge >= 0.3 is 0 Å². The van der Waals surface area contributed by atoms with Crippen molar-refractivity contribution in [3.8, 4) is 0 Å². The van der Waals surface area contributed by atoms with Crippen molar-refractivity contribution in [2.45, 2.75) is 38.5 Å². The lowest BCUT2D eigenvalue weighted by Gasteiger charge is -2.13. The Hall–Kier alpha value is -1.05. The van der Waals surface area contributed by atoms with Crippen molar-refractivity contribution < 1.29 is 4.79 Å². The lowest BCUT2D eigenvalue weighted by molar-refractivity contribution is -0.124. The molecule has 1 fully saturated rings. The molecule has 1 rings (SSSR count). The van der Waals surface area contributed by atoms with E-state index in [2.05, 4.69) is 18.5 Å². The predicted octanol–water partition coefficient (Wildman–Crippen LogP) is 2.77. The van der Waals surface area contributed by atoms with Gasteiger partial charge in [0.05, 0.1) is 0 Å². The van der Waals surface area contributed by atoms with Crippen molar-refractivity contribution in [2.75, 3.05) is 0 Å². The van der Waals surface area contributed by atoms with Crippen molar-refractivity contribution in [2.24, 2.45) is 5.92 Å². The Labute approximate surface area is 86.1 Å². The normalized spacial score (nSPS) is 18.3. The average Bonchev–Trinajstić information content (AvgIpc) is 2.45. The molecule has 0 bridgehead atoms. The molecule has 0 aromatic heterocycles. The molecule has 2 heteroatoms. The number of allylic oxidation sites excluding steroid dienone is 1. The summed E-state index contributed by atoms with van der Waals surface area (Å²) in [5.41, 5.74) is 0.610. The van der Waals surface area contributed by atoms with Crippen LogP contribution in [0.5, 0.6) is 0 Å². The molecular weight excluding hydrogens is 174 g/mol. The van der Waals surface area contributed by atoms with E-state index in [4.69, 9.17) is 0 Å². The van der Waals surface area contributed by atoms with Gasteiger partial charge in [0.1, 0.15) is 0 Å². The van der Waals surface area contributed by atoms with Crippen LogP contribution < -0.4 is 5.32 Å². The van der Waals surface area contributed by atoms with Gasteiger partial charge in [-0.25, -0.2) is 0 Å². The molecule has 0 aromatic carbocycles. The first-order valence-electron chi connectivity index (χ1n) is 5.36. The van der Waals surface area contributed by atoms with Gasteiger partial charge in [0.2, 0.25) is 5.91 Å². The lowest BCUT2D eigenvalue weighted by atomic mass is 9.99. The van der Waals surface area contributed by atoms with Crippen LogP contribution in [0, 0.1) is 5.92 Å². The topological polar surface area (TPSA) is 29.1 Å². The Bertz CT molecular complexity index is 224. The maximum Gasteiger partial charge on any atom is 0.227 e. The van der Waals surface area contributed by atoms with Crippen LogP contribution in [-0.2, 0) is 4.79 Å². The number of hydrogen-bond donors (Lipinski definition) is 1. The van der Waals surface area contributed by atoms with Crippen LogP contribution >= 0.6 is 0 Å². The molecule has 1 N–H and O–H groups in total. The molecule has 0 aliphatic heterocycles. The van der Waals surface area contributed by atoms with Gasteiger partial charge in [-0.15, -0.1) is 0 Å². The number of carbonyl (C=O) groups is 1. The summed E-state index contributed by atoms with van der Waals surface area (Å²) in [6, 6.07) is 0. The summed E-state index contributed by atoms with van der Waals surface area (Å²) in [4.78, 5) is 11.7. The van der Waals surface area contributed by atoms with Gasteiger partial charge in [0.15, 0.2) is 0 Å². The highest BCUT2D eigenvalue weighted by Gasteiger charge is 2.19. The van der Waals surface area contributed by atoms with Crippen molar-refractivity contribution in [3.05, 3.63) is 24.9 Å². The Morgan fingerprint density at radius 1 is 1.21 bits per heavy atom. The second kappa shape index (κ2) is 5.63. The van der Waals surface area contributed by atoms with Crippen LogP contribution in [0.25, 0.3) is 0 Å². The largest absolute Gasteiger partial charge is 0.326 e. The van der Waals surface area contributed by atoms with Gasteiger partial charge in [-0.1, -0.05) is 38.8 Å². The van der Waals surface area contributed by atoms with Crippen LogP contribution in [0.15, 0.2) is 24.9 Å². The van der Waals surface area contributed by atoms with Gasteiger partial charge in [-0.3, -0.25) is 4.79 Å². The first-order valence-corrected chi connectivity index (χ1v) is 5.36. The molecule has 0 saturated heterocycles. The Morgan fingerprint density at radius 3 is 2.29 bits per heavy atom. The number of carbonyl (C=O) groups excluding carboxylic acids is 1. The minimum Gasteiger partial charge on any atom is -0.326 e. The third-order valence-electron chi connectivity index (χ3n) is 2.76. The third-order valence-corrected chi connectivity index (χ3v) is 2.76. The zero-order valence-electron chi connectivity index (χ0n) is 8.72. The first kappa shape index (κ1) is 11.0. The van der Waals surface area contributed by atoms with E-state index in [0.29, 0.717) is 5.70 Å². The smallest absolute Gasteiger partial charge is 0.227 e. The van der Waals surface area contributed by atoms with Gasteiger partial charge in [0, 0.05) is 11.6 Å². The first-order chi connectivity index (χ1) is 6.74. The highest BCUT2D eigenvalue weighted by atomic mass is 16.1. The number of nitrogens with one attached hydrogen (secondary N) is 1. The molecule has 0 heterocycles. The molecule has 1 saturated carbocycles. The second-order valence-corrected chi connectivity index (χ2v) is 3.91. The van der Waals surface area contributed by atoms with E-state index in [1.54, 1.807) is 6.08 Å². The van der Waals surface area contributed by atoms with Crippen LogP contribution in [0.3, 0.4) is 0 Å². The molecule has 1 aliphatic rings. The van der Waals surface area contributed by atoms with E-state index in [9.17, 15) is 4.79 Å². The molecule has 0 aromatic rings. The average molecular weight is 193 g/mol. The van der Waals surface area contributed by atoms with Gasteiger partial charge < -0.3 is 5.32 Å². The molecule has 1 amide bonds. The second-order valence-electron chi connectivity index (χ2n) is 3.91. The standard InChI is InChI=1S/C12H19NO/c1-3-10(2)13-12(14)11-8-6-4-5-7-9-11/h3,11H,1-2,4-9H2,(H,13,14). The van der Waals surface area contributed by atoms with Gasteiger partial charge in [0.25, 0.3) is 0 Å². The fourth-order valence-corrected chi connectivity index (χ4v) is 1.85. The molecule has 14 heavy (non-hydrogen) atoms. The van der Waals surface area contributed by atoms with E-state index in [-0.39, 0.29) is 11.8 Å². The molecule has 0 unspecified atom stereocenters. The summed E-state index contributed by atoms with van der Waals surface area (Å²) in [7, 11) is 0. The number of amides is 1. The zero-order chi connectivity index (χ0) is 10.4. The van der Waals surface area contributed by atoms with E-state index < -0.39 is 0 Å². The third kappa shape index (κ3) is 3.36. The summed E-state index contributed by atoms with van der Waals surface area (Å²) in [6.07, 6.45) is 8.52. The monoisotopic (exact) mass is 193 g/mol. The van der Waals surface area contributed by atoms with Crippen LogP contribution in [0.4, 0.5) is 0 Å². The molecular formula is C12H19NO. The summed E-state index contributed by atoms with van der Waals surface area (Å²) in [6.45, 7) is 7.24. The van der Waals surface area contributed by atoms with Crippen molar-refractivity contribution in [1.29, 1.82) is 0 Å². The van der Waals surface area contributed by atoms with Crippen molar-refractivity contribution in [3.63, 3.8) is 0 Å². The fraction of sp³-hybridized carbons (Fsp3) is 0.583. The maximum absolute atomic E-state index is 11.7. The Kier molecular flexibility index (Phi) is 4.44. The molecule has 2 nitrogen and oxygen atoms in total. The van der Waals surface area contributed by atoms with E-state index in [0.717, 1.165) is 12.8 Å². The summed E-state index contributed by atoms with van der Waals surface area (Å²) in [5.74, 6) is 0.311. The maximum atomic E-state index is 11.7. The van der Waals surface area contributed by atoms with Gasteiger partial charge in [-0.2, -0.15) is 0 Å². The van der Waals surface area contributed by atoms with Crippen molar-refractivity contribution in [1.82, 2.24) is 5.32 Å². The summed E-state index contributed by atoms with van der Waals surface area (Å²) < 4.78 is 0.